The van der Waals surface area contributed by atoms with Gasteiger partial charge in [0.2, 0.25) is 0 Å². The summed E-state index contributed by atoms with van der Waals surface area (Å²) < 4.78 is 22.5. The number of hydrazine groups is 1. The molecule has 2 atom stereocenters. The molecule has 0 saturated carbocycles. The summed E-state index contributed by atoms with van der Waals surface area (Å²) in [5.41, 5.74) is 3.91. The zero-order chi connectivity index (χ0) is 11.5. The maximum absolute atomic E-state index is 11.3. The van der Waals surface area contributed by atoms with Gasteiger partial charge in [0.1, 0.15) is 0 Å². The van der Waals surface area contributed by atoms with Crippen LogP contribution in [0.5, 0.6) is 0 Å². The topological polar surface area (TPSA) is 72.2 Å². The molecule has 1 aliphatic rings. The fourth-order valence-corrected chi connectivity index (χ4v) is 3.88. The van der Waals surface area contributed by atoms with Gasteiger partial charge in [-0.25, -0.2) is 8.42 Å². The lowest BCUT2D eigenvalue weighted by atomic mass is 9.98. The normalized spacial score (nSPS) is 26.2. The molecule has 1 rings (SSSR count). The van der Waals surface area contributed by atoms with Gasteiger partial charge in [0.25, 0.3) is 0 Å². The predicted octanol–water partition coefficient (Wildman–Crippen LogP) is 0.609. The minimum absolute atomic E-state index is 0.0910. The second kappa shape index (κ2) is 5.09. The lowest BCUT2D eigenvalue weighted by molar-refractivity contribution is 0.459. The summed E-state index contributed by atoms with van der Waals surface area (Å²) in [7, 11) is -2.77. The van der Waals surface area contributed by atoms with Crippen molar-refractivity contribution in [3.63, 3.8) is 0 Å². The number of nitrogens with one attached hydrogen (secondary N) is 1. The van der Waals surface area contributed by atoms with Crippen molar-refractivity contribution in [2.75, 3.05) is 11.5 Å². The first-order valence-corrected chi connectivity index (χ1v) is 7.06. The second-order valence-corrected chi connectivity index (χ2v) is 6.75. The third-order valence-corrected chi connectivity index (χ3v) is 4.50. The van der Waals surface area contributed by atoms with Gasteiger partial charge in [-0.2, -0.15) is 0 Å². The molecule has 0 spiro atoms. The van der Waals surface area contributed by atoms with Crippen LogP contribution in [0, 0.1) is 5.92 Å². The number of rotatable bonds is 4. The van der Waals surface area contributed by atoms with Crippen LogP contribution < -0.4 is 11.3 Å². The van der Waals surface area contributed by atoms with Gasteiger partial charge in [0, 0.05) is 6.04 Å². The predicted molar refractivity (Wildman–Crippen MR) is 61.9 cm³/mol. The third kappa shape index (κ3) is 4.32. The van der Waals surface area contributed by atoms with Gasteiger partial charge >= 0.3 is 0 Å². The maximum Gasteiger partial charge on any atom is 0.150 e. The van der Waals surface area contributed by atoms with E-state index in [0.717, 1.165) is 12.8 Å². The molecule has 0 aromatic rings. The van der Waals surface area contributed by atoms with Crippen LogP contribution >= 0.6 is 0 Å². The molecule has 4 nitrogen and oxygen atoms in total. The van der Waals surface area contributed by atoms with E-state index in [2.05, 4.69) is 5.43 Å². The number of hydrogen-bond donors (Lipinski definition) is 2. The molecule has 1 saturated heterocycles. The Bertz CT molecular complexity index is 331. The summed E-state index contributed by atoms with van der Waals surface area (Å²) in [4.78, 5) is 0. The van der Waals surface area contributed by atoms with E-state index in [1.807, 2.05) is 19.9 Å². The van der Waals surface area contributed by atoms with Gasteiger partial charge in [-0.3, -0.25) is 11.3 Å². The molecule has 1 fully saturated rings. The number of nitrogens with two attached hydrogens (primary N) is 1. The number of hydrogen-bond acceptors (Lipinski definition) is 4. The summed E-state index contributed by atoms with van der Waals surface area (Å²) in [6, 6.07) is 0.0910. The zero-order valence-corrected chi connectivity index (χ0v) is 10.2. The third-order valence-electron chi connectivity index (χ3n) is 2.66. The largest absolute Gasteiger partial charge is 0.271 e. The minimum atomic E-state index is -2.77. The Morgan fingerprint density at radius 1 is 1.60 bits per heavy atom. The quantitative estimate of drug-likeness (QED) is 0.423. The molecule has 0 aliphatic carbocycles. The number of sulfone groups is 1. The summed E-state index contributed by atoms with van der Waals surface area (Å²) in [6.45, 7) is 4.02. The van der Waals surface area contributed by atoms with Crippen LogP contribution in [-0.4, -0.2) is 26.0 Å². The molecule has 0 bridgehead atoms. The van der Waals surface area contributed by atoms with Crippen molar-refractivity contribution in [2.45, 2.75) is 32.7 Å². The second-order valence-electron chi connectivity index (χ2n) is 4.52. The molecular formula is C10H20N2O2S. The van der Waals surface area contributed by atoms with Crippen LogP contribution in [-0.2, 0) is 9.84 Å². The van der Waals surface area contributed by atoms with E-state index >= 15 is 0 Å². The molecule has 3 N–H and O–H groups in total. The molecule has 5 heteroatoms. The molecule has 0 radical (unpaired) electrons. The lowest BCUT2D eigenvalue weighted by Gasteiger charge is -2.16. The van der Waals surface area contributed by atoms with Gasteiger partial charge in [0.15, 0.2) is 9.84 Å². The van der Waals surface area contributed by atoms with Crippen LogP contribution in [0.2, 0.25) is 0 Å². The molecule has 1 heterocycles. The molecule has 2 unspecified atom stereocenters. The summed E-state index contributed by atoms with van der Waals surface area (Å²) in [5.74, 6) is 6.34. The van der Waals surface area contributed by atoms with E-state index in [4.69, 9.17) is 5.84 Å². The molecule has 0 amide bonds. The van der Waals surface area contributed by atoms with Gasteiger partial charge < -0.3 is 0 Å². The van der Waals surface area contributed by atoms with Gasteiger partial charge in [-0.15, -0.1) is 0 Å². The Labute approximate surface area is 91.8 Å². The fourth-order valence-electron chi connectivity index (χ4n) is 2.00. The molecule has 1 aliphatic heterocycles. The smallest absolute Gasteiger partial charge is 0.150 e. The monoisotopic (exact) mass is 232 g/mol. The Morgan fingerprint density at radius 3 is 2.67 bits per heavy atom. The SMILES string of the molecule is CC(C)=CC(CC1CCS(=O)(=O)C1)NN. The van der Waals surface area contributed by atoms with E-state index in [0.29, 0.717) is 11.5 Å². The van der Waals surface area contributed by atoms with Gasteiger partial charge in [0.05, 0.1) is 11.5 Å². The van der Waals surface area contributed by atoms with Crippen LogP contribution in [0.15, 0.2) is 11.6 Å². The first-order valence-electron chi connectivity index (χ1n) is 5.24. The van der Waals surface area contributed by atoms with Gasteiger partial charge in [-0.05, 0) is 32.6 Å². The highest BCUT2D eigenvalue weighted by Crippen LogP contribution is 2.23. The van der Waals surface area contributed by atoms with E-state index in [9.17, 15) is 8.42 Å². The molecule has 15 heavy (non-hydrogen) atoms. The summed E-state index contributed by atoms with van der Waals surface area (Å²) in [6.07, 6.45) is 3.63. The highest BCUT2D eigenvalue weighted by Gasteiger charge is 2.28. The van der Waals surface area contributed by atoms with Crippen molar-refractivity contribution < 1.29 is 8.42 Å². The van der Waals surface area contributed by atoms with Crippen LogP contribution in [0.3, 0.4) is 0 Å². The van der Waals surface area contributed by atoms with Crippen LogP contribution in [0.1, 0.15) is 26.7 Å². The summed E-state index contributed by atoms with van der Waals surface area (Å²) in [5, 5.41) is 0. The van der Waals surface area contributed by atoms with Crippen molar-refractivity contribution in [1.82, 2.24) is 5.43 Å². The van der Waals surface area contributed by atoms with Crippen molar-refractivity contribution in [1.29, 1.82) is 0 Å². The van der Waals surface area contributed by atoms with E-state index in [-0.39, 0.29) is 12.0 Å². The van der Waals surface area contributed by atoms with Crippen LogP contribution in [0.25, 0.3) is 0 Å². The highest BCUT2D eigenvalue weighted by molar-refractivity contribution is 7.91. The average molecular weight is 232 g/mol. The minimum Gasteiger partial charge on any atom is -0.271 e. The van der Waals surface area contributed by atoms with Crippen molar-refractivity contribution in [2.24, 2.45) is 11.8 Å². The molecule has 0 aromatic carbocycles. The Morgan fingerprint density at radius 2 is 2.27 bits per heavy atom. The zero-order valence-electron chi connectivity index (χ0n) is 9.36. The molecule has 0 aromatic heterocycles. The average Bonchev–Trinajstić information content (AvgIpc) is 2.43. The number of allylic oxidation sites excluding steroid dienone is 1. The maximum atomic E-state index is 11.3. The van der Waals surface area contributed by atoms with E-state index < -0.39 is 9.84 Å². The van der Waals surface area contributed by atoms with Crippen molar-refractivity contribution in [3.05, 3.63) is 11.6 Å². The van der Waals surface area contributed by atoms with Crippen LogP contribution in [0.4, 0.5) is 0 Å². The standard InChI is InChI=1S/C10H20N2O2S/c1-8(2)5-10(12-11)6-9-3-4-15(13,14)7-9/h5,9-10,12H,3-4,6-7,11H2,1-2H3. The summed E-state index contributed by atoms with van der Waals surface area (Å²) >= 11 is 0. The fraction of sp³-hybridized carbons (Fsp3) is 0.800. The van der Waals surface area contributed by atoms with Crippen molar-refractivity contribution in [3.8, 4) is 0 Å². The first kappa shape index (κ1) is 12.7. The van der Waals surface area contributed by atoms with Gasteiger partial charge in [-0.1, -0.05) is 11.6 Å². The van der Waals surface area contributed by atoms with Crippen molar-refractivity contribution >= 4 is 9.84 Å². The molecular weight excluding hydrogens is 212 g/mol. The Kier molecular flexibility index (Phi) is 4.31. The highest BCUT2D eigenvalue weighted by atomic mass is 32.2. The first-order chi connectivity index (χ1) is 6.93. The lowest BCUT2D eigenvalue weighted by Crippen LogP contribution is -2.35. The Balaban J connectivity index is 2.51. The Hall–Kier alpha value is -0.390. The molecule has 88 valence electrons. The van der Waals surface area contributed by atoms with E-state index in [1.54, 1.807) is 0 Å². The van der Waals surface area contributed by atoms with E-state index in [1.165, 1.54) is 5.57 Å².